The quantitative estimate of drug-likeness (QED) is 0.895. The van der Waals surface area contributed by atoms with Crippen LogP contribution in [0.3, 0.4) is 0 Å². The molecule has 1 N–H and O–H groups in total. The van der Waals surface area contributed by atoms with Crippen LogP contribution in [0.4, 0.5) is 0 Å². The number of phenolic OH excluding ortho intramolecular Hbond substituents is 1. The lowest BCUT2D eigenvalue weighted by atomic mass is 10.2. The molecule has 6 heteroatoms. The van der Waals surface area contributed by atoms with Crippen LogP contribution >= 0.6 is 11.5 Å². The van der Waals surface area contributed by atoms with E-state index in [0.29, 0.717) is 11.4 Å². The Hall–Kier alpha value is -1.95. The molecule has 0 saturated carbocycles. The Kier molecular flexibility index (Phi) is 3.34. The number of carbonyl (C=O) groups excluding carboxylic acids is 1. The van der Waals surface area contributed by atoms with Crippen LogP contribution in [0, 0.1) is 0 Å². The van der Waals surface area contributed by atoms with Crippen molar-refractivity contribution in [2.75, 3.05) is 7.05 Å². The number of rotatable bonds is 3. The molecule has 1 amide bonds. The molecular weight excluding hydrogens is 238 g/mol. The van der Waals surface area contributed by atoms with Gasteiger partial charge in [0.2, 0.25) is 0 Å². The number of aromatic hydroxyl groups is 1. The second kappa shape index (κ2) is 4.92. The fourth-order valence-corrected chi connectivity index (χ4v) is 1.91. The van der Waals surface area contributed by atoms with E-state index in [2.05, 4.69) is 9.59 Å². The summed E-state index contributed by atoms with van der Waals surface area (Å²) < 4.78 is 3.66. The molecule has 0 spiro atoms. The number of benzene rings is 1. The molecule has 0 saturated heterocycles. The fourth-order valence-electron chi connectivity index (χ4n) is 1.40. The molecule has 0 unspecified atom stereocenters. The van der Waals surface area contributed by atoms with Crippen molar-refractivity contribution in [3.8, 4) is 5.75 Å². The Morgan fingerprint density at radius 3 is 2.71 bits per heavy atom. The van der Waals surface area contributed by atoms with Crippen molar-refractivity contribution >= 4 is 17.4 Å². The second-order valence-electron chi connectivity index (χ2n) is 3.61. The SMILES string of the molecule is CN(Cc1ccc(O)cc1)C(=O)c1cnns1. The van der Waals surface area contributed by atoms with Gasteiger partial charge in [-0.2, -0.15) is 0 Å². The Morgan fingerprint density at radius 2 is 2.12 bits per heavy atom. The first-order valence-corrected chi connectivity index (χ1v) is 5.75. The third kappa shape index (κ3) is 2.79. The summed E-state index contributed by atoms with van der Waals surface area (Å²) in [5.74, 6) is 0.113. The first-order chi connectivity index (χ1) is 8.16. The van der Waals surface area contributed by atoms with Gasteiger partial charge in [0.05, 0.1) is 6.20 Å². The highest BCUT2D eigenvalue weighted by molar-refractivity contribution is 7.07. The smallest absolute Gasteiger partial charge is 0.267 e. The van der Waals surface area contributed by atoms with Gasteiger partial charge in [0.1, 0.15) is 10.6 Å². The van der Waals surface area contributed by atoms with Crippen LogP contribution in [0.2, 0.25) is 0 Å². The number of aromatic nitrogens is 2. The summed E-state index contributed by atoms with van der Waals surface area (Å²) in [4.78, 5) is 14.0. The van der Waals surface area contributed by atoms with Gasteiger partial charge in [-0.3, -0.25) is 4.79 Å². The minimum absolute atomic E-state index is 0.104. The largest absolute Gasteiger partial charge is 0.508 e. The standard InChI is InChI=1S/C11H11N3O2S/c1-14(11(16)10-6-12-13-17-10)7-8-2-4-9(15)5-3-8/h2-6,15H,7H2,1H3. The zero-order valence-corrected chi connectivity index (χ0v) is 10.0. The first kappa shape index (κ1) is 11.5. The van der Waals surface area contributed by atoms with E-state index in [1.165, 1.54) is 6.20 Å². The molecule has 1 aromatic carbocycles. The van der Waals surface area contributed by atoms with E-state index < -0.39 is 0 Å². The van der Waals surface area contributed by atoms with E-state index in [0.717, 1.165) is 17.1 Å². The summed E-state index contributed by atoms with van der Waals surface area (Å²) >= 11 is 1.08. The molecule has 1 heterocycles. The zero-order chi connectivity index (χ0) is 12.3. The Morgan fingerprint density at radius 1 is 1.41 bits per heavy atom. The zero-order valence-electron chi connectivity index (χ0n) is 9.20. The summed E-state index contributed by atoms with van der Waals surface area (Å²) in [6.45, 7) is 0.483. The van der Waals surface area contributed by atoms with Crippen LogP contribution in [0.25, 0.3) is 0 Å². The number of phenols is 1. The predicted molar refractivity (Wildman–Crippen MR) is 63.8 cm³/mol. The van der Waals surface area contributed by atoms with Crippen molar-refractivity contribution in [3.05, 3.63) is 40.9 Å². The van der Waals surface area contributed by atoms with Crippen LogP contribution in [0.5, 0.6) is 5.75 Å². The average Bonchev–Trinajstić information content (AvgIpc) is 2.84. The number of hydrogen-bond acceptors (Lipinski definition) is 5. The van der Waals surface area contributed by atoms with Gasteiger partial charge in [0.15, 0.2) is 0 Å². The highest BCUT2D eigenvalue weighted by atomic mass is 32.1. The molecule has 0 aliphatic rings. The molecule has 0 radical (unpaired) electrons. The summed E-state index contributed by atoms with van der Waals surface area (Å²) in [7, 11) is 1.72. The summed E-state index contributed by atoms with van der Waals surface area (Å²) in [6, 6.07) is 6.76. The number of carbonyl (C=O) groups is 1. The van der Waals surface area contributed by atoms with Gasteiger partial charge in [-0.25, -0.2) is 0 Å². The van der Waals surface area contributed by atoms with Crippen molar-refractivity contribution in [2.24, 2.45) is 0 Å². The van der Waals surface area contributed by atoms with Gasteiger partial charge in [-0.15, -0.1) is 5.10 Å². The molecule has 0 atom stereocenters. The lowest BCUT2D eigenvalue weighted by Gasteiger charge is -2.15. The van der Waals surface area contributed by atoms with Crippen LogP contribution in [-0.2, 0) is 6.54 Å². The molecule has 17 heavy (non-hydrogen) atoms. The molecule has 5 nitrogen and oxygen atoms in total. The van der Waals surface area contributed by atoms with E-state index in [9.17, 15) is 4.79 Å². The normalized spacial score (nSPS) is 10.2. The molecule has 0 aliphatic carbocycles. The van der Waals surface area contributed by atoms with E-state index in [4.69, 9.17) is 5.11 Å². The summed E-state index contributed by atoms with van der Waals surface area (Å²) in [5, 5.41) is 12.8. The molecule has 88 valence electrons. The highest BCUT2D eigenvalue weighted by Gasteiger charge is 2.14. The summed E-state index contributed by atoms with van der Waals surface area (Å²) in [5.41, 5.74) is 0.955. The minimum Gasteiger partial charge on any atom is -0.508 e. The van der Waals surface area contributed by atoms with Gasteiger partial charge in [-0.05, 0) is 29.2 Å². The third-order valence-electron chi connectivity index (χ3n) is 2.27. The minimum atomic E-state index is -0.104. The molecule has 2 rings (SSSR count). The van der Waals surface area contributed by atoms with Gasteiger partial charge >= 0.3 is 0 Å². The van der Waals surface area contributed by atoms with Gasteiger partial charge in [0.25, 0.3) is 5.91 Å². The molecule has 0 aliphatic heterocycles. The molecule has 1 aromatic heterocycles. The number of nitrogens with zero attached hydrogens (tertiary/aromatic N) is 3. The second-order valence-corrected chi connectivity index (χ2v) is 4.40. The molecule has 0 fully saturated rings. The topological polar surface area (TPSA) is 66.3 Å². The van der Waals surface area contributed by atoms with Gasteiger partial charge in [-0.1, -0.05) is 16.6 Å². The average molecular weight is 249 g/mol. The Balaban J connectivity index is 2.04. The van der Waals surface area contributed by atoms with Gasteiger partial charge in [0, 0.05) is 13.6 Å². The number of amides is 1. The van der Waals surface area contributed by atoms with Gasteiger partial charge < -0.3 is 10.0 Å². The lowest BCUT2D eigenvalue weighted by Crippen LogP contribution is -2.25. The van der Waals surface area contributed by atoms with Crippen molar-refractivity contribution in [3.63, 3.8) is 0 Å². The lowest BCUT2D eigenvalue weighted by molar-refractivity contribution is 0.0789. The van der Waals surface area contributed by atoms with Crippen LogP contribution < -0.4 is 0 Å². The molecule has 0 bridgehead atoms. The van der Waals surface area contributed by atoms with Crippen LogP contribution in [0.1, 0.15) is 15.2 Å². The summed E-state index contributed by atoms with van der Waals surface area (Å²) in [6.07, 6.45) is 1.46. The van der Waals surface area contributed by atoms with E-state index in [-0.39, 0.29) is 11.7 Å². The third-order valence-corrected chi connectivity index (χ3v) is 2.93. The van der Waals surface area contributed by atoms with E-state index >= 15 is 0 Å². The first-order valence-electron chi connectivity index (χ1n) is 4.97. The molecule has 2 aromatic rings. The van der Waals surface area contributed by atoms with E-state index in [1.54, 1.807) is 36.2 Å². The molecular formula is C11H11N3O2S. The highest BCUT2D eigenvalue weighted by Crippen LogP contribution is 2.13. The predicted octanol–water partition coefficient (Wildman–Crippen LogP) is 1.52. The maximum atomic E-state index is 11.9. The van der Waals surface area contributed by atoms with Crippen molar-refractivity contribution in [2.45, 2.75) is 6.54 Å². The fraction of sp³-hybridized carbons (Fsp3) is 0.182. The maximum Gasteiger partial charge on any atom is 0.267 e. The van der Waals surface area contributed by atoms with Crippen LogP contribution in [-0.4, -0.2) is 32.5 Å². The van der Waals surface area contributed by atoms with Crippen molar-refractivity contribution in [1.82, 2.24) is 14.5 Å². The van der Waals surface area contributed by atoms with E-state index in [1.807, 2.05) is 0 Å². The van der Waals surface area contributed by atoms with Crippen LogP contribution in [0.15, 0.2) is 30.5 Å². The monoisotopic (exact) mass is 249 g/mol. The van der Waals surface area contributed by atoms with Crippen molar-refractivity contribution < 1.29 is 9.90 Å². The number of hydrogen-bond donors (Lipinski definition) is 1. The van der Waals surface area contributed by atoms with Crippen molar-refractivity contribution in [1.29, 1.82) is 0 Å². The maximum absolute atomic E-state index is 11.9. The Bertz CT molecular complexity index is 496. The Labute approximate surface area is 102 Å².